The number of hydrogen-bond donors (Lipinski definition) is 1. The Balaban J connectivity index is 1.90. The lowest BCUT2D eigenvalue weighted by molar-refractivity contribution is 0.411. The van der Waals surface area contributed by atoms with Gasteiger partial charge >= 0.3 is 0 Å². The molecular weight excluding hydrogens is 343 g/mol. The molecule has 0 aliphatic heterocycles. The number of nitrogens with zero attached hydrogens (tertiary/aromatic N) is 3. The standard InChI is InChI=1S/C21H17FN4O/c1-23-21-18-6-5-13(15-8-16(22)11-17(9-15)27-2)10-19(18)25-20(26-21)14-4-3-7-24-12-14/h3-12H,1-2H3,(H,23,25,26). The fourth-order valence-corrected chi connectivity index (χ4v) is 2.97. The van der Waals surface area contributed by atoms with Crippen LogP contribution in [0.3, 0.4) is 0 Å². The normalized spacial score (nSPS) is 10.8. The molecule has 0 aliphatic rings. The van der Waals surface area contributed by atoms with E-state index in [9.17, 15) is 4.39 Å². The average Bonchev–Trinajstić information content (AvgIpc) is 2.72. The molecule has 2 aromatic carbocycles. The van der Waals surface area contributed by atoms with Crippen molar-refractivity contribution in [1.82, 2.24) is 15.0 Å². The minimum absolute atomic E-state index is 0.348. The van der Waals surface area contributed by atoms with Crippen LogP contribution < -0.4 is 10.1 Å². The summed E-state index contributed by atoms with van der Waals surface area (Å²) in [4.78, 5) is 13.4. The Morgan fingerprint density at radius 3 is 2.59 bits per heavy atom. The van der Waals surface area contributed by atoms with Gasteiger partial charge in [-0.3, -0.25) is 4.98 Å². The fraction of sp³-hybridized carbons (Fsp3) is 0.0952. The maximum absolute atomic E-state index is 13.9. The molecule has 0 spiro atoms. The van der Waals surface area contributed by atoms with E-state index in [1.807, 2.05) is 37.4 Å². The summed E-state index contributed by atoms with van der Waals surface area (Å²) in [6.45, 7) is 0. The van der Waals surface area contributed by atoms with Gasteiger partial charge in [-0.15, -0.1) is 0 Å². The van der Waals surface area contributed by atoms with Crippen molar-refractivity contribution in [3.63, 3.8) is 0 Å². The molecular formula is C21H17FN4O. The maximum Gasteiger partial charge on any atom is 0.163 e. The molecule has 0 unspecified atom stereocenters. The number of rotatable bonds is 4. The molecule has 0 aliphatic carbocycles. The van der Waals surface area contributed by atoms with Crippen LogP contribution in [-0.2, 0) is 0 Å². The first kappa shape index (κ1) is 16.9. The molecule has 134 valence electrons. The molecule has 0 atom stereocenters. The van der Waals surface area contributed by atoms with Crippen LogP contribution in [0.15, 0.2) is 60.9 Å². The third-order valence-corrected chi connectivity index (χ3v) is 4.29. The molecule has 27 heavy (non-hydrogen) atoms. The van der Waals surface area contributed by atoms with Crippen molar-refractivity contribution in [2.75, 3.05) is 19.5 Å². The van der Waals surface area contributed by atoms with E-state index in [2.05, 4.69) is 20.3 Å². The monoisotopic (exact) mass is 360 g/mol. The van der Waals surface area contributed by atoms with Crippen molar-refractivity contribution >= 4 is 16.7 Å². The molecule has 6 heteroatoms. The summed E-state index contributed by atoms with van der Waals surface area (Å²) in [6.07, 6.45) is 3.43. The molecule has 0 amide bonds. The lowest BCUT2D eigenvalue weighted by Gasteiger charge is -2.10. The van der Waals surface area contributed by atoms with E-state index in [0.717, 1.165) is 33.4 Å². The van der Waals surface area contributed by atoms with Gasteiger partial charge < -0.3 is 10.1 Å². The summed E-state index contributed by atoms with van der Waals surface area (Å²) in [5.74, 6) is 1.43. The van der Waals surface area contributed by atoms with Gasteiger partial charge in [-0.2, -0.15) is 0 Å². The maximum atomic E-state index is 13.9. The summed E-state index contributed by atoms with van der Waals surface area (Å²) in [7, 11) is 3.34. The number of hydrogen-bond acceptors (Lipinski definition) is 5. The smallest absolute Gasteiger partial charge is 0.163 e. The van der Waals surface area contributed by atoms with Crippen LogP contribution in [-0.4, -0.2) is 29.1 Å². The van der Waals surface area contributed by atoms with E-state index in [1.54, 1.807) is 18.5 Å². The number of halogens is 1. The lowest BCUT2D eigenvalue weighted by Crippen LogP contribution is -1.99. The van der Waals surface area contributed by atoms with Crippen LogP contribution in [0.2, 0.25) is 0 Å². The zero-order valence-corrected chi connectivity index (χ0v) is 14.9. The molecule has 1 N–H and O–H groups in total. The SMILES string of the molecule is CNc1nc(-c2cccnc2)nc2cc(-c3cc(F)cc(OC)c3)ccc12. The first-order chi connectivity index (χ1) is 13.2. The highest BCUT2D eigenvalue weighted by atomic mass is 19.1. The van der Waals surface area contributed by atoms with Gasteiger partial charge in [0.25, 0.3) is 0 Å². The van der Waals surface area contributed by atoms with Crippen LogP contribution in [0.4, 0.5) is 10.2 Å². The summed E-state index contributed by atoms with van der Waals surface area (Å²) < 4.78 is 19.1. The topological polar surface area (TPSA) is 59.9 Å². The Morgan fingerprint density at radius 1 is 0.963 bits per heavy atom. The van der Waals surface area contributed by atoms with E-state index in [4.69, 9.17) is 4.74 Å². The third-order valence-electron chi connectivity index (χ3n) is 4.29. The van der Waals surface area contributed by atoms with Crippen LogP contribution in [0.25, 0.3) is 33.4 Å². The predicted octanol–water partition coefficient (Wildman–Crippen LogP) is 4.55. The van der Waals surface area contributed by atoms with Gasteiger partial charge in [0.2, 0.25) is 0 Å². The van der Waals surface area contributed by atoms with Crippen molar-refractivity contribution in [2.24, 2.45) is 0 Å². The third kappa shape index (κ3) is 3.29. The van der Waals surface area contributed by atoms with E-state index in [0.29, 0.717) is 11.6 Å². The van der Waals surface area contributed by atoms with Crippen molar-refractivity contribution in [2.45, 2.75) is 0 Å². The lowest BCUT2D eigenvalue weighted by atomic mass is 10.0. The number of methoxy groups -OCH3 is 1. The summed E-state index contributed by atoms with van der Waals surface area (Å²) >= 11 is 0. The van der Waals surface area contributed by atoms with Crippen LogP contribution in [0.1, 0.15) is 0 Å². The first-order valence-corrected chi connectivity index (χ1v) is 8.43. The van der Waals surface area contributed by atoms with Gasteiger partial charge in [-0.25, -0.2) is 14.4 Å². The van der Waals surface area contributed by atoms with Gasteiger partial charge in [-0.05, 0) is 47.5 Å². The number of benzene rings is 2. The van der Waals surface area contributed by atoms with Gasteiger partial charge in [0.05, 0.1) is 12.6 Å². The van der Waals surface area contributed by atoms with Crippen molar-refractivity contribution < 1.29 is 9.13 Å². The van der Waals surface area contributed by atoms with Gasteiger partial charge in [0, 0.05) is 36.5 Å². The zero-order valence-electron chi connectivity index (χ0n) is 14.9. The van der Waals surface area contributed by atoms with Crippen LogP contribution in [0.5, 0.6) is 5.75 Å². The summed E-state index contributed by atoms with van der Waals surface area (Å²) in [6, 6.07) is 14.2. The Hall–Kier alpha value is -3.54. The Kier molecular flexibility index (Phi) is 4.38. The minimum atomic E-state index is -0.348. The zero-order chi connectivity index (χ0) is 18.8. The van der Waals surface area contributed by atoms with Crippen molar-refractivity contribution in [1.29, 1.82) is 0 Å². The van der Waals surface area contributed by atoms with Gasteiger partial charge in [0.15, 0.2) is 5.82 Å². The fourth-order valence-electron chi connectivity index (χ4n) is 2.97. The van der Waals surface area contributed by atoms with Gasteiger partial charge in [-0.1, -0.05) is 6.07 Å². The van der Waals surface area contributed by atoms with E-state index in [1.165, 1.54) is 19.2 Å². The first-order valence-electron chi connectivity index (χ1n) is 8.43. The number of pyridine rings is 1. The second-order valence-electron chi connectivity index (χ2n) is 6.00. The van der Waals surface area contributed by atoms with Crippen LogP contribution in [0, 0.1) is 5.82 Å². The molecule has 0 fully saturated rings. The summed E-state index contributed by atoms with van der Waals surface area (Å²) in [5, 5.41) is 4.00. The number of anilines is 1. The predicted molar refractivity (Wildman–Crippen MR) is 104 cm³/mol. The number of fused-ring (bicyclic) bond motifs is 1. The molecule has 4 aromatic rings. The molecule has 2 heterocycles. The van der Waals surface area contributed by atoms with Crippen molar-refractivity contribution in [3.8, 4) is 28.3 Å². The van der Waals surface area contributed by atoms with Crippen molar-refractivity contribution in [3.05, 3.63) is 66.7 Å². The quantitative estimate of drug-likeness (QED) is 0.579. The van der Waals surface area contributed by atoms with Gasteiger partial charge in [0.1, 0.15) is 17.4 Å². The van der Waals surface area contributed by atoms with E-state index >= 15 is 0 Å². The second kappa shape index (κ2) is 6.99. The molecule has 4 rings (SSSR count). The number of aromatic nitrogens is 3. The number of ether oxygens (including phenoxy) is 1. The Morgan fingerprint density at radius 2 is 1.85 bits per heavy atom. The highest BCUT2D eigenvalue weighted by Crippen LogP contribution is 2.31. The molecule has 0 saturated carbocycles. The molecule has 0 saturated heterocycles. The molecule has 5 nitrogen and oxygen atoms in total. The van der Waals surface area contributed by atoms with E-state index in [-0.39, 0.29) is 5.82 Å². The average molecular weight is 360 g/mol. The molecule has 0 radical (unpaired) electrons. The second-order valence-corrected chi connectivity index (χ2v) is 6.00. The Labute approximate surface area is 155 Å². The molecule has 2 aromatic heterocycles. The number of nitrogens with one attached hydrogen (secondary N) is 1. The highest BCUT2D eigenvalue weighted by molar-refractivity contribution is 5.93. The largest absolute Gasteiger partial charge is 0.497 e. The van der Waals surface area contributed by atoms with Crippen LogP contribution >= 0.6 is 0 Å². The Bertz CT molecular complexity index is 1120. The van der Waals surface area contributed by atoms with E-state index < -0.39 is 0 Å². The minimum Gasteiger partial charge on any atom is -0.497 e. The highest BCUT2D eigenvalue weighted by Gasteiger charge is 2.11. The molecule has 0 bridgehead atoms. The summed E-state index contributed by atoms with van der Waals surface area (Å²) in [5.41, 5.74) is 3.15.